The Balaban J connectivity index is 2.05. The quantitative estimate of drug-likeness (QED) is 0.907. The lowest BCUT2D eigenvalue weighted by Crippen LogP contribution is -2.21. The molecule has 0 spiro atoms. The van der Waals surface area contributed by atoms with E-state index in [-0.39, 0.29) is 24.3 Å². The van der Waals surface area contributed by atoms with Crippen LogP contribution in [0.15, 0.2) is 41.3 Å². The van der Waals surface area contributed by atoms with Gasteiger partial charge in [0.1, 0.15) is 6.61 Å². The molecule has 0 aliphatic carbocycles. The molecule has 0 bridgehead atoms. The average molecular weight is 281 g/mol. The number of halogens is 2. The molecule has 0 fully saturated rings. The molecular formula is C14H13F2NO3. The van der Waals surface area contributed by atoms with Crippen LogP contribution in [0.5, 0.6) is 5.75 Å². The van der Waals surface area contributed by atoms with E-state index in [0.29, 0.717) is 0 Å². The zero-order chi connectivity index (χ0) is 14.5. The second-order valence-corrected chi connectivity index (χ2v) is 4.13. The molecular weight excluding hydrogens is 268 g/mol. The second-order valence-electron chi connectivity index (χ2n) is 4.13. The third-order valence-electron chi connectivity index (χ3n) is 2.72. The van der Waals surface area contributed by atoms with Crippen LogP contribution in [0.4, 0.5) is 8.78 Å². The highest BCUT2D eigenvalue weighted by atomic mass is 19.1. The van der Waals surface area contributed by atoms with Gasteiger partial charge in [-0.25, -0.2) is 8.78 Å². The van der Waals surface area contributed by atoms with Gasteiger partial charge in [-0.2, -0.15) is 0 Å². The summed E-state index contributed by atoms with van der Waals surface area (Å²) in [7, 11) is 0. The van der Waals surface area contributed by atoms with Crippen LogP contribution in [0.25, 0.3) is 0 Å². The van der Waals surface area contributed by atoms with Crippen molar-refractivity contribution in [1.29, 1.82) is 0 Å². The fraction of sp³-hybridized carbons (Fsp3) is 0.214. The van der Waals surface area contributed by atoms with Gasteiger partial charge in [0.15, 0.2) is 17.4 Å². The van der Waals surface area contributed by atoms with Crippen molar-refractivity contribution in [1.82, 2.24) is 4.57 Å². The number of rotatable bonds is 5. The lowest BCUT2D eigenvalue weighted by atomic mass is 10.2. The van der Waals surface area contributed by atoms with Crippen LogP contribution >= 0.6 is 0 Å². The molecule has 0 radical (unpaired) electrons. The zero-order valence-electron chi connectivity index (χ0n) is 10.6. The number of hydrogen-bond donors (Lipinski definition) is 1. The molecule has 2 rings (SSSR count). The number of ether oxygens (including phenoxy) is 1. The number of aliphatic hydroxyl groups is 1. The van der Waals surface area contributed by atoms with Crippen molar-refractivity contribution in [3.8, 4) is 5.75 Å². The third-order valence-corrected chi connectivity index (χ3v) is 2.72. The Kier molecular flexibility index (Phi) is 4.47. The molecule has 4 nitrogen and oxygen atoms in total. The van der Waals surface area contributed by atoms with Crippen LogP contribution in [0, 0.1) is 11.6 Å². The molecule has 0 unspecified atom stereocenters. The highest BCUT2D eigenvalue weighted by Gasteiger charge is 2.12. The minimum atomic E-state index is -0.880. The van der Waals surface area contributed by atoms with E-state index in [2.05, 4.69) is 0 Å². The molecule has 0 aliphatic rings. The van der Waals surface area contributed by atoms with Crippen LogP contribution in [0.2, 0.25) is 0 Å². The highest BCUT2D eigenvalue weighted by molar-refractivity contribution is 5.31. The van der Waals surface area contributed by atoms with Crippen molar-refractivity contribution in [3.05, 3.63) is 64.1 Å². The first-order chi connectivity index (χ1) is 9.61. The smallest absolute Gasteiger partial charge is 0.250 e. The van der Waals surface area contributed by atoms with Gasteiger partial charge in [-0.1, -0.05) is 6.07 Å². The van der Waals surface area contributed by atoms with Crippen molar-refractivity contribution >= 4 is 0 Å². The third kappa shape index (κ3) is 3.21. The summed E-state index contributed by atoms with van der Waals surface area (Å²) in [4.78, 5) is 11.4. The lowest BCUT2D eigenvalue weighted by molar-refractivity contribution is 0.263. The first-order valence-corrected chi connectivity index (χ1v) is 5.99. The van der Waals surface area contributed by atoms with Crippen LogP contribution < -0.4 is 10.3 Å². The lowest BCUT2D eigenvalue weighted by Gasteiger charge is -2.10. The van der Waals surface area contributed by atoms with E-state index in [1.54, 1.807) is 18.3 Å². The van der Waals surface area contributed by atoms with E-state index in [0.717, 1.165) is 12.1 Å². The summed E-state index contributed by atoms with van der Waals surface area (Å²) in [5.74, 6) is -2.27. The Labute approximate surface area is 113 Å². The minimum absolute atomic E-state index is 0.0454. The maximum atomic E-state index is 13.6. The van der Waals surface area contributed by atoms with Crippen LogP contribution in [0.3, 0.4) is 0 Å². The van der Waals surface area contributed by atoms with Crippen LogP contribution in [-0.4, -0.2) is 16.3 Å². The molecule has 1 heterocycles. The molecule has 0 aliphatic heterocycles. The summed E-state index contributed by atoms with van der Waals surface area (Å²) >= 11 is 0. The molecule has 20 heavy (non-hydrogen) atoms. The van der Waals surface area contributed by atoms with E-state index >= 15 is 0 Å². The fourth-order valence-corrected chi connectivity index (χ4v) is 1.73. The van der Waals surface area contributed by atoms with Crippen molar-refractivity contribution in [2.24, 2.45) is 0 Å². The van der Waals surface area contributed by atoms with Crippen molar-refractivity contribution in [2.45, 2.75) is 13.2 Å². The standard InChI is InChI=1S/C14H13F2NO3/c15-11-7-10(9-18)8-12(16)14(11)20-6-5-17-4-2-1-3-13(17)19/h1-4,7-8,18H,5-6,9H2. The number of nitrogens with zero attached hydrogens (tertiary/aromatic N) is 1. The SMILES string of the molecule is O=c1ccccn1CCOc1c(F)cc(CO)cc1F. The molecule has 0 amide bonds. The van der Waals surface area contributed by atoms with Crippen molar-refractivity contribution < 1.29 is 18.6 Å². The Bertz CT molecular complexity index is 632. The normalized spacial score (nSPS) is 10.6. The Hall–Kier alpha value is -2.21. The summed E-state index contributed by atoms with van der Waals surface area (Å²) in [6.07, 6.45) is 1.56. The Morgan fingerprint density at radius 2 is 1.90 bits per heavy atom. The maximum Gasteiger partial charge on any atom is 0.250 e. The Morgan fingerprint density at radius 3 is 2.50 bits per heavy atom. The van der Waals surface area contributed by atoms with E-state index < -0.39 is 24.0 Å². The molecule has 1 N–H and O–H groups in total. The minimum Gasteiger partial charge on any atom is -0.486 e. The number of benzene rings is 1. The van der Waals surface area contributed by atoms with Gasteiger partial charge in [0.2, 0.25) is 0 Å². The van der Waals surface area contributed by atoms with Gasteiger partial charge in [0, 0.05) is 12.3 Å². The molecule has 1 aromatic heterocycles. The summed E-state index contributed by atoms with van der Waals surface area (Å²) in [6.45, 7) is -0.315. The van der Waals surface area contributed by atoms with Crippen molar-refractivity contribution in [2.75, 3.05) is 6.61 Å². The molecule has 6 heteroatoms. The Morgan fingerprint density at radius 1 is 1.20 bits per heavy atom. The molecule has 0 atom stereocenters. The van der Waals surface area contributed by atoms with Crippen LogP contribution in [0.1, 0.15) is 5.56 Å². The van der Waals surface area contributed by atoms with E-state index in [4.69, 9.17) is 9.84 Å². The molecule has 106 valence electrons. The summed E-state index contributed by atoms with van der Waals surface area (Å²) in [5, 5.41) is 8.82. The zero-order valence-corrected chi connectivity index (χ0v) is 10.6. The van der Waals surface area contributed by atoms with Gasteiger partial charge in [-0.15, -0.1) is 0 Å². The first kappa shape index (κ1) is 14.2. The molecule has 0 saturated heterocycles. The van der Waals surface area contributed by atoms with Gasteiger partial charge in [0.25, 0.3) is 5.56 Å². The largest absolute Gasteiger partial charge is 0.486 e. The van der Waals surface area contributed by atoms with Crippen molar-refractivity contribution in [3.63, 3.8) is 0 Å². The maximum absolute atomic E-state index is 13.6. The second kappa shape index (κ2) is 6.29. The van der Waals surface area contributed by atoms with Gasteiger partial charge < -0.3 is 14.4 Å². The van der Waals surface area contributed by atoms with Gasteiger partial charge in [-0.05, 0) is 23.8 Å². The van der Waals surface area contributed by atoms with E-state index in [9.17, 15) is 13.6 Å². The number of hydrogen-bond acceptors (Lipinski definition) is 3. The summed E-state index contributed by atoms with van der Waals surface area (Å²) in [5.41, 5.74) is -0.0840. The predicted molar refractivity (Wildman–Crippen MR) is 68.5 cm³/mol. The van der Waals surface area contributed by atoms with E-state index in [1.165, 1.54) is 10.6 Å². The molecule has 2 aromatic rings. The highest BCUT2D eigenvalue weighted by Crippen LogP contribution is 2.23. The number of aromatic nitrogens is 1. The average Bonchev–Trinajstić information content (AvgIpc) is 2.43. The van der Waals surface area contributed by atoms with Crippen LogP contribution in [-0.2, 0) is 13.2 Å². The summed E-state index contributed by atoms with van der Waals surface area (Å²) in [6, 6.07) is 6.68. The first-order valence-electron chi connectivity index (χ1n) is 5.99. The van der Waals surface area contributed by atoms with E-state index in [1.807, 2.05) is 0 Å². The van der Waals surface area contributed by atoms with Gasteiger partial charge in [-0.3, -0.25) is 4.79 Å². The summed E-state index contributed by atoms with van der Waals surface area (Å²) < 4.78 is 33.5. The van der Waals surface area contributed by atoms with Gasteiger partial charge >= 0.3 is 0 Å². The monoisotopic (exact) mass is 281 g/mol. The fourth-order valence-electron chi connectivity index (χ4n) is 1.73. The molecule has 1 aromatic carbocycles. The number of pyridine rings is 1. The molecule has 0 saturated carbocycles. The number of aliphatic hydroxyl groups excluding tert-OH is 1. The van der Waals surface area contributed by atoms with Gasteiger partial charge in [0.05, 0.1) is 13.2 Å². The predicted octanol–water partition coefficient (Wildman–Crippen LogP) is 1.70. The topological polar surface area (TPSA) is 51.5 Å².